The Morgan fingerprint density at radius 2 is 1.94 bits per heavy atom. The third kappa shape index (κ3) is 4.57. The van der Waals surface area contributed by atoms with Gasteiger partial charge in [0.25, 0.3) is 0 Å². The molecule has 3 saturated carbocycles. The van der Waals surface area contributed by atoms with Crippen LogP contribution >= 0.6 is 0 Å². The molecule has 3 aliphatic rings. The molecule has 2 bridgehead atoms. The van der Waals surface area contributed by atoms with Crippen molar-refractivity contribution in [1.29, 1.82) is 0 Å². The van der Waals surface area contributed by atoms with E-state index in [2.05, 4.69) is 49.8 Å². The van der Waals surface area contributed by atoms with Gasteiger partial charge >= 0.3 is 185 Å². The van der Waals surface area contributed by atoms with Crippen molar-refractivity contribution in [2.24, 2.45) is 17.8 Å². The number of carbonyl (C=O) groups is 1. The van der Waals surface area contributed by atoms with Crippen molar-refractivity contribution in [3.05, 3.63) is 30.1 Å². The van der Waals surface area contributed by atoms with E-state index in [0.29, 0.717) is 20.7 Å². The monoisotopic (exact) mass is 584 g/mol. The van der Waals surface area contributed by atoms with Crippen LogP contribution in [0.3, 0.4) is 0 Å². The molecule has 0 spiro atoms. The number of carbonyl (C=O) groups excluding carboxylic acids is 1. The van der Waals surface area contributed by atoms with Crippen LogP contribution in [-0.2, 0) is 7.96 Å². The van der Waals surface area contributed by atoms with E-state index in [0.717, 1.165) is 38.1 Å². The minimum absolute atomic E-state index is 0.00276. The van der Waals surface area contributed by atoms with E-state index >= 15 is 0 Å². The molecule has 0 unspecified atom stereocenters. The number of hydrogen-bond acceptors (Lipinski definition) is 7. The average molecular weight is 584 g/mol. The summed E-state index contributed by atoms with van der Waals surface area (Å²) in [5.74, 6) is -1.06. The Kier molecular flexibility index (Phi) is 6.60. The molecule has 0 aromatic carbocycles. The second kappa shape index (κ2) is 9.64. The SMILES string of the molecule is CC(C)[I-]ONC(=O)[C@H]1C2CCC(CC2)[C@@H]1Nc1nc(-c2[nH]nc3ncc(F)cc23)ncc1F. The van der Waals surface area contributed by atoms with Crippen LogP contribution in [0.1, 0.15) is 39.5 Å². The standard InChI is InChI=1S/C22H25F2IN7O2/c1-10(2)25-34-32-22(33)16-11-3-5-12(6-4-11)17(16)28-20-15(24)9-27-21(29-20)18-14-7-13(23)8-26-19(14)31-30-18/h7-12,16-17H,3-6H2,1-2H3,(H,32,33)(H,26,30,31)(H,27,28,29)/q-1/t11?,12?,16-,17-/m0/s1. The molecule has 3 aromatic rings. The van der Waals surface area contributed by atoms with Crippen molar-refractivity contribution in [2.45, 2.75) is 49.5 Å². The fraction of sp³-hybridized carbons (Fsp3) is 0.500. The predicted molar refractivity (Wildman–Crippen MR) is 116 cm³/mol. The molecule has 6 rings (SSSR count). The Morgan fingerprint density at radius 1 is 1.18 bits per heavy atom. The van der Waals surface area contributed by atoms with E-state index in [1.54, 1.807) is 0 Å². The van der Waals surface area contributed by atoms with Gasteiger partial charge in [0.15, 0.2) is 0 Å². The Balaban J connectivity index is 1.42. The van der Waals surface area contributed by atoms with Crippen LogP contribution in [0.4, 0.5) is 14.6 Å². The molecule has 3 N–H and O–H groups in total. The topological polar surface area (TPSA) is 118 Å². The van der Waals surface area contributed by atoms with Gasteiger partial charge in [-0.2, -0.15) is 0 Å². The summed E-state index contributed by atoms with van der Waals surface area (Å²) in [4.78, 5) is 25.4. The van der Waals surface area contributed by atoms with Crippen LogP contribution in [0, 0.1) is 29.4 Å². The number of nitrogens with one attached hydrogen (secondary N) is 3. The zero-order valence-corrected chi connectivity index (χ0v) is 20.8. The first kappa shape index (κ1) is 23.3. The van der Waals surface area contributed by atoms with Gasteiger partial charge in [-0.15, -0.1) is 0 Å². The molecule has 3 aromatic heterocycles. The molecular weight excluding hydrogens is 559 g/mol. The van der Waals surface area contributed by atoms with Crippen molar-refractivity contribution in [1.82, 2.24) is 30.6 Å². The van der Waals surface area contributed by atoms with Crippen molar-refractivity contribution in [2.75, 3.05) is 5.32 Å². The number of aromatic nitrogens is 5. The van der Waals surface area contributed by atoms with Crippen LogP contribution < -0.4 is 32.4 Å². The van der Waals surface area contributed by atoms with Gasteiger partial charge in [0.1, 0.15) is 5.82 Å². The van der Waals surface area contributed by atoms with Crippen LogP contribution in [0.5, 0.6) is 0 Å². The number of alkyl halides is 1. The maximum absolute atomic E-state index is 14.8. The second-order valence-electron chi connectivity index (χ2n) is 9.03. The first-order valence-corrected chi connectivity index (χ1v) is 13.4. The number of anilines is 1. The molecule has 3 fully saturated rings. The molecule has 182 valence electrons. The van der Waals surface area contributed by atoms with Gasteiger partial charge in [-0.3, -0.25) is 0 Å². The summed E-state index contributed by atoms with van der Waals surface area (Å²) < 4.78 is 34.4. The molecule has 0 radical (unpaired) electrons. The summed E-state index contributed by atoms with van der Waals surface area (Å²) >= 11 is -0.585. The van der Waals surface area contributed by atoms with E-state index in [9.17, 15) is 13.6 Å². The summed E-state index contributed by atoms with van der Waals surface area (Å²) in [5, 5.41) is 10.4. The van der Waals surface area contributed by atoms with Crippen LogP contribution in [0.15, 0.2) is 18.5 Å². The number of hydroxylamine groups is 1. The zero-order chi connectivity index (χ0) is 23.8. The minimum atomic E-state index is -0.626. The number of halogens is 3. The third-order valence-electron chi connectivity index (χ3n) is 6.53. The Morgan fingerprint density at radius 3 is 2.71 bits per heavy atom. The third-order valence-corrected chi connectivity index (χ3v) is 8.02. The Hall–Kier alpha value is -2.48. The molecule has 9 nitrogen and oxygen atoms in total. The molecule has 0 saturated heterocycles. The summed E-state index contributed by atoms with van der Waals surface area (Å²) in [7, 11) is 0. The molecule has 3 aliphatic carbocycles. The van der Waals surface area contributed by atoms with Gasteiger partial charge in [0.05, 0.1) is 6.20 Å². The van der Waals surface area contributed by atoms with Crippen molar-refractivity contribution < 1.29 is 38.4 Å². The first-order valence-electron chi connectivity index (χ1n) is 11.3. The fourth-order valence-electron chi connectivity index (χ4n) is 5.04. The van der Waals surface area contributed by atoms with E-state index < -0.39 is 33.3 Å². The number of hydrogen-bond donors (Lipinski definition) is 3. The Labute approximate surface area is 205 Å². The van der Waals surface area contributed by atoms with Crippen molar-refractivity contribution in [3.8, 4) is 11.5 Å². The van der Waals surface area contributed by atoms with E-state index in [-0.39, 0.29) is 41.3 Å². The van der Waals surface area contributed by atoms with E-state index in [1.807, 2.05) is 0 Å². The van der Waals surface area contributed by atoms with Crippen LogP contribution in [-0.4, -0.2) is 41.0 Å². The first-order chi connectivity index (χ1) is 16.4. The van der Waals surface area contributed by atoms with Gasteiger partial charge in [-0.25, -0.2) is 9.37 Å². The summed E-state index contributed by atoms with van der Waals surface area (Å²) in [6.07, 6.45) is 6.02. The number of amides is 1. The van der Waals surface area contributed by atoms with Gasteiger partial charge in [0, 0.05) is 0 Å². The number of H-pyrrole nitrogens is 1. The van der Waals surface area contributed by atoms with E-state index in [1.165, 1.54) is 6.07 Å². The normalized spacial score (nSPS) is 24.1. The summed E-state index contributed by atoms with van der Waals surface area (Å²) in [6, 6.07) is 1.00. The van der Waals surface area contributed by atoms with Crippen molar-refractivity contribution >= 4 is 22.8 Å². The van der Waals surface area contributed by atoms with Crippen LogP contribution in [0.2, 0.25) is 0 Å². The number of fused-ring (bicyclic) bond motifs is 4. The maximum atomic E-state index is 14.8. The number of nitrogens with zero attached hydrogens (tertiary/aromatic N) is 4. The molecular formula is C22H25F2IN7O2-. The van der Waals surface area contributed by atoms with E-state index in [4.69, 9.17) is 3.17 Å². The van der Waals surface area contributed by atoms with Crippen molar-refractivity contribution in [3.63, 3.8) is 0 Å². The second-order valence-corrected chi connectivity index (χ2v) is 12.5. The molecule has 0 aliphatic heterocycles. The van der Waals surface area contributed by atoms with Gasteiger partial charge in [-0.05, 0) is 0 Å². The number of aromatic amines is 1. The average Bonchev–Trinajstić information content (AvgIpc) is 3.24. The quantitative estimate of drug-likeness (QED) is 0.209. The summed E-state index contributed by atoms with van der Waals surface area (Å²) in [5.41, 5.74) is 3.30. The number of pyridine rings is 1. The number of rotatable bonds is 7. The van der Waals surface area contributed by atoms with Gasteiger partial charge in [0.2, 0.25) is 0 Å². The summed E-state index contributed by atoms with van der Waals surface area (Å²) in [6.45, 7) is 4.10. The van der Waals surface area contributed by atoms with Gasteiger partial charge < -0.3 is 0 Å². The Bertz CT molecular complexity index is 1200. The molecule has 2 atom stereocenters. The predicted octanol–water partition coefficient (Wildman–Crippen LogP) is 0.370. The molecule has 1 amide bonds. The molecule has 3 heterocycles. The molecule has 34 heavy (non-hydrogen) atoms. The zero-order valence-electron chi connectivity index (χ0n) is 18.7. The molecule has 12 heteroatoms. The van der Waals surface area contributed by atoms with Gasteiger partial charge in [-0.1, -0.05) is 0 Å². The fourth-order valence-corrected chi connectivity index (χ4v) is 5.90. The van der Waals surface area contributed by atoms with Crippen LogP contribution in [0.25, 0.3) is 22.6 Å².